The van der Waals surface area contributed by atoms with Crippen LogP contribution in [-0.4, -0.2) is 32.2 Å². The van der Waals surface area contributed by atoms with E-state index in [1.165, 1.54) is 13.3 Å². The molecule has 7 nitrogen and oxygen atoms in total. The topological polar surface area (TPSA) is 89.0 Å². The predicted molar refractivity (Wildman–Crippen MR) is 109 cm³/mol. The lowest BCUT2D eigenvalue weighted by molar-refractivity contribution is -0.124. The number of methoxy groups -OCH3 is 2. The van der Waals surface area contributed by atoms with Gasteiger partial charge in [-0.25, -0.2) is 5.43 Å². The van der Waals surface area contributed by atoms with Gasteiger partial charge in [-0.2, -0.15) is 5.10 Å². The Bertz CT molecular complexity index is 884. The van der Waals surface area contributed by atoms with Gasteiger partial charge in [-0.1, -0.05) is 11.6 Å². The Kier molecular flexibility index (Phi) is 7.83. The fraction of sp³-hybridized carbons (Fsp3) is 0.250. The van der Waals surface area contributed by atoms with Gasteiger partial charge in [-0.15, -0.1) is 0 Å². The van der Waals surface area contributed by atoms with E-state index in [1.54, 1.807) is 43.5 Å². The number of amides is 2. The van der Waals surface area contributed by atoms with Crippen LogP contribution in [0.2, 0.25) is 5.02 Å². The van der Waals surface area contributed by atoms with Crippen LogP contribution in [0.5, 0.6) is 11.5 Å². The number of carbonyl (C=O) groups excluding carboxylic acids is 2. The van der Waals surface area contributed by atoms with Gasteiger partial charge in [0.15, 0.2) is 11.5 Å². The summed E-state index contributed by atoms with van der Waals surface area (Å²) in [6, 6.07) is 10.4. The summed E-state index contributed by atoms with van der Waals surface area (Å²) in [7, 11) is 3.09. The number of anilines is 1. The molecule has 0 fully saturated rings. The Labute approximate surface area is 168 Å². The average Bonchev–Trinajstić information content (AvgIpc) is 2.68. The van der Waals surface area contributed by atoms with Crippen LogP contribution in [0.15, 0.2) is 41.5 Å². The second kappa shape index (κ2) is 10.3. The number of hydrogen-bond donors (Lipinski definition) is 2. The molecule has 0 radical (unpaired) electrons. The van der Waals surface area contributed by atoms with Gasteiger partial charge in [0, 0.05) is 23.6 Å². The molecule has 0 unspecified atom stereocenters. The third-order valence-corrected chi connectivity index (χ3v) is 4.09. The van der Waals surface area contributed by atoms with Crippen molar-refractivity contribution < 1.29 is 19.1 Å². The normalized spacial score (nSPS) is 10.6. The molecule has 0 heterocycles. The molecule has 0 saturated carbocycles. The number of nitrogens with zero attached hydrogens (tertiary/aromatic N) is 1. The van der Waals surface area contributed by atoms with Crippen molar-refractivity contribution in [1.82, 2.24) is 5.43 Å². The van der Waals surface area contributed by atoms with Crippen molar-refractivity contribution in [3.63, 3.8) is 0 Å². The SMILES string of the molecule is COc1ccc(C=NNC(=O)CCC(=O)Nc2ccc(Cl)cc2C)cc1OC. The molecule has 0 aliphatic carbocycles. The van der Waals surface area contributed by atoms with E-state index < -0.39 is 0 Å². The van der Waals surface area contributed by atoms with E-state index in [2.05, 4.69) is 15.8 Å². The van der Waals surface area contributed by atoms with E-state index in [1.807, 2.05) is 6.92 Å². The molecule has 2 aromatic rings. The molecule has 0 atom stereocenters. The number of hydrazone groups is 1. The number of nitrogens with one attached hydrogen (secondary N) is 2. The van der Waals surface area contributed by atoms with Gasteiger partial charge in [-0.3, -0.25) is 9.59 Å². The molecule has 2 N–H and O–H groups in total. The first-order valence-electron chi connectivity index (χ1n) is 8.53. The first-order chi connectivity index (χ1) is 13.4. The molecule has 0 saturated heterocycles. The van der Waals surface area contributed by atoms with Crippen molar-refractivity contribution in [2.24, 2.45) is 5.10 Å². The first kappa shape index (κ1) is 21.2. The smallest absolute Gasteiger partial charge is 0.240 e. The van der Waals surface area contributed by atoms with Crippen LogP contribution in [0.25, 0.3) is 0 Å². The minimum Gasteiger partial charge on any atom is -0.493 e. The molecule has 0 aliphatic rings. The van der Waals surface area contributed by atoms with Crippen LogP contribution >= 0.6 is 11.6 Å². The summed E-state index contributed by atoms with van der Waals surface area (Å²) in [5, 5.41) is 7.25. The van der Waals surface area contributed by atoms with E-state index in [9.17, 15) is 9.59 Å². The van der Waals surface area contributed by atoms with Crippen molar-refractivity contribution in [2.45, 2.75) is 19.8 Å². The molecule has 2 rings (SSSR count). The molecule has 148 valence electrons. The molecule has 0 bridgehead atoms. The summed E-state index contributed by atoms with van der Waals surface area (Å²) < 4.78 is 10.4. The Morgan fingerprint density at radius 3 is 2.43 bits per heavy atom. The second-order valence-electron chi connectivity index (χ2n) is 5.92. The molecule has 0 spiro atoms. The lowest BCUT2D eigenvalue weighted by atomic mass is 10.2. The maximum absolute atomic E-state index is 12.0. The number of halogens is 1. The fourth-order valence-electron chi connectivity index (χ4n) is 2.37. The van der Waals surface area contributed by atoms with Crippen LogP contribution in [0, 0.1) is 6.92 Å². The molecule has 2 aromatic carbocycles. The van der Waals surface area contributed by atoms with Crippen LogP contribution < -0.4 is 20.2 Å². The quantitative estimate of drug-likeness (QED) is 0.521. The van der Waals surface area contributed by atoms with Gasteiger partial charge >= 0.3 is 0 Å². The van der Waals surface area contributed by atoms with Crippen LogP contribution in [0.3, 0.4) is 0 Å². The van der Waals surface area contributed by atoms with Crippen molar-refractivity contribution in [3.8, 4) is 11.5 Å². The van der Waals surface area contributed by atoms with Crippen LogP contribution in [-0.2, 0) is 9.59 Å². The van der Waals surface area contributed by atoms with Gasteiger partial charge in [0.05, 0.1) is 20.4 Å². The third-order valence-electron chi connectivity index (χ3n) is 3.85. The highest BCUT2D eigenvalue weighted by atomic mass is 35.5. The number of carbonyl (C=O) groups is 2. The number of aryl methyl sites for hydroxylation is 1. The second-order valence-corrected chi connectivity index (χ2v) is 6.35. The molecule has 28 heavy (non-hydrogen) atoms. The maximum Gasteiger partial charge on any atom is 0.240 e. The molecule has 2 amide bonds. The summed E-state index contributed by atoms with van der Waals surface area (Å²) in [6.45, 7) is 1.84. The highest BCUT2D eigenvalue weighted by Crippen LogP contribution is 2.26. The summed E-state index contributed by atoms with van der Waals surface area (Å²) in [5.41, 5.74) is 4.65. The monoisotopic (exact) mass is 403 g/mol. The zero-order valence-electron chi connectivity index (χ0n) is 15.9. The van der Waals surface area contributed by atoms with Crippen molar-refractivity contribution >= 4 is 35.3 Å². The van der Waals surface area contributed by atoms with E-state index >= 15 is 0 Å². The summed E-state index contributed by atoms with van der Waals surface area (Å²) in [4.78, 5) is 23.9. The predicted octanol–water partition coefficient (Wildman–Crippen LogP) is 3.53. The Balaban J connectivity index is 1.80. The average molecular weight is 404 g/mol. The standard InChI is InChI=1S/C20H22ClN3O4/c1-13-10-15(21)5-6-16(13)23-19(25)8-9-20(26)24-22-12-14-4-7-17(27-2)18(11-14)28-3/h4-7,10-12H,8-9H2,1-3H3,(H,23,25)(H,24,26). The fourth-order valence-corrected chi connectivity index (χ4v) is 2.60. The molecular weight excluding hydrogens is 382 g/mol. The number of rotatable bonds is 8. The molecular formula is C20H22ClN3O4. The van der Waals surface area contributed by atoms with E-state index in [-0.39, 0.29) is 24.7 Å². The molecule has 0 aromatic heterocycles. The highest BCUT2D eigenvalue weighted by Gasteiger charge is 2.08. The summed E-state index contributed by atoms with van der Waals surface area (Å²) in [5.74, 6) is 0.543. The van der Waals surface area contributed by atoms with E-state index in [4.69, 9.17) is 21.1 Å². The van der Waals surface area contributed by atoms with E-state index in [0.717, 1.165) is 11.1 Å². The van der Waals surface area contributed by atoms with Crippen LogP contribution in [0.1, 0.15) is 24.0 Å². The lowest BCUT2D eigenvalue weighted by Gasteiger charge is -2.08. The molecule has 0 aliphatic heterocycles. The van der Waals surface area contributed by atoms with E-state index in [0.29, 0.717) is 22.2 Å². The van der Waals surface area contributed by atoms with Gasteiger partial charge in [0.25, 0.3) is 0 Å². The highest BCUT2D eigenvalue weighted by molar-refractivity contribution is 6.30. The third kappa shape index (κ3) is 6.28. The van der Waals surface area contributed by atoms with Crippen molar-refractivity contribution in [2.75, 3.05) is 19.5 Å². The van der Waals surface area contributed by atoms with Gasteiger partial charge in [0.1, 0.15) is 0 Å². The maximum atomic E-state index is 12.0. The summed E-state index contributed by atoms with van der Waals surface area (Å²) >= 11 is 5.89. The minimum absolute atomic E-state index is 0.0156. The summed E-state index contributed by atoms with van der Waals surface area (Å²) in [6.07, 6.45) is 1.54. The number of ether oxygens (including phenoxy) is 2. The van der Waals surface area contributed by atoms with Crippen LogP contribution in [0.4, 0.5) is 5.69 Å². The van der Waals surface area contributed by atoms with Gasteiger partial charge < -0.3 is 14.8 Å². The zero-order chi connectivity index (χ0) is 20.5. The number of hydrogen-bond acceptors (Lipinski definition) is 5. The minimum atomic E-state index is -0.361. The Hall–Kier alpha value is -3.06. The Morgan fingerprint density at radius 2 is 1.75 bits per heavy atom. The zero-order valence-corrected chi connectivity index (χ0v) is 16.7. The number of benzene rings is 2. The van der Waals surface area contributed by atoms with Crippen molar-refractivity contribution in [3.05, 3.63) is 52.5 Å². The van der Waals surface area contributed by atoms with Gasteiger partial charge in [0.2, 0.25) is 11.8 Å². The van der Waals surface area contributed by atoms with Gasteiger partial charge in [-0.05, 0) is 54.4 Å². The Morgan fingerprint density at radius 1 is 1.04 bits per heavy atom. The largest absolute Gasteiger partial charge is 0.493 e. The lowest BCUT2D eigenvalue weighted by Crippen LogP contribution is -2.20. The molecule has 8 heteroatoms. The van der Waals surface area contributed by atoms with Crippen molar-refractivity contribution in [1.29, 1.82) is 0 Å². The first-order valence-corrected chi connectivity index (χ1v) is 8.90.